The maximum atomic E-state index is 12.1. The minimum Gasteiger partial charge on any atom is -0.338 e. The van der Waals surface area contributed by atoms with Gasteiger partial charge in [0, 0.05) is 26.2 Å². The van der Waals surface area contributed by atoms with Crippen LogP contribution >= 0.6 is 0 Å². The predicted molar refractivity (Wildman–Crippen MR) is 63.3 cm³/mol. The van der Waals surface area contributed by atoms with Gasteiger partial charge in [0.2, 0.25) is 5.91 Å². The largest absolute Gasteiger partial charge is 1.00 e. The molecule has 86 valence electrons. The zero-order valence-corrected chi connectivity index (χ0v) is 13.8. The zero-order valence-electron chi connectivity index (χ0n) is 10.6. The summed E-state index contributed by atoms with van der Waals surface area (Å²) >= 11 is 0. The van der Waals surface area contributed by atoms with Gasteiger partial charge in [-0.25, -0.2) is 0 Å². The number of likely N-dealkylation sites (N-methyl/N-ethyl adjacent to an activating group) is 1. The smallest absolute Gasteiger partial charge is 0.338 e. The van der Waals surface area contributed by atoms with Crippen molar-refractivity contribution in [3.05, 3.63) is 35.9 Å². The van der Waals surface area contributed by atoms with E-state index in [1.807, 2.05) is 17.0 Å². The molecule has 1 saturated heterocycles. The molecule has 0 saturated carbocycles. The second-order valence-electron chi connectivity index (χ2n) is 4.02. The molecule has 0 N–H and O–H groups in total. The third-order valence-electron chi connectivity index (χ3n) is 3.07. The normalized spacial score (nSPS) is 16.4. The first-order chi connectivity index (χ1) is 7.81. The number of piperazine rings is 1. The summed E-state index contributed by atoms with van der Waals surface area (Å²) in [4.78, 5) is 16.4. The topological polar surface area (TPSA) is 23.6 Å². The number of rotatable bonds is 2. The molecule has 4 heteroatoms. The summed E-state index contributed by atoms with van der Waals surface area (Å²) in [5.41, 5.74) is 0.767. The zero-order chi connectivity index (χ0) is 11.4. The second kappa shape index (κ2) is 7.66. The monoisotopic (exact) mass is 256 g/mol. The first-order valence-corrected chi connectivity index (χ1v) is 5.79. The van der Waals surface area contributed by atoms with Crippen LogP contribution in [0.15, 0.2) is 24.3 Å². The average Bonchev–Trinajstić information content (AvgIpc) is 2.39. The van der Waals surface area contributed by atoms with Gasteiger partial charge in [0.05, 0.1) is 0 Å². The van der Waals surface area contributed by atoms with Crippen molar-refractivity contribution in [3.63, 3.8) is 0 Å². The molecule has 1 aliphatic heterocycles. The Labute approximate surface area is 146 Å². The quantitative estimate of drug-likeness (QED) is 0.464. The molecule has 0 unspecified atom stereocenters. The molecule has 0 radical (unpaired) electrons. The Morgan fingerprint density at radius 1 is 1.24 bits per heavy atom. The molecule has 1 heterocycles. The molecule has 1 aliphatic rings. The van der Waals surface area contributed by atoms with E-state index in [4.69, 9.17) is 0 Å². The number of amides is 1. The van der Waals surface area contributed by atoms with Crippen LogP contribution in [0.25, 0.3) is 0 Å². The van der Waals surface area contributed by atoms with Crippen LogP contribution in [0.4, 0.5) is 0 Å². The summed E-state index contributed by atoms with van der Waals surface area (Å²) in [6, 6.07) is 10.2. The van der Waals surface area contributed by atoms with Crippen molar-refractivity contribution in [2.24, 2.45) is 0 Å². The minimum atomic E-state index is 0. The fourth-order valence-electron chi connectivity index (χ4n) is 1.98. The van der Waals surface area contributed by atoms with Crippen molar-refractivity contribution in [2.45, 2.75) is 6.92 Å². The van der Waals surface area contributed by atoms with Crippen LogP contribution in [0.1, 0.15) is 17.3 Å². The molecule has 1 aromatic carbocycles. The Bertz CT molecular complexity index is 348. The Morgan fingerprint density at radius 2 is 1.82 bits per heavy atom. The average molecular weight is 256 g/mol. The Balaban J connectivity index is 0.00000144. The standard InChI is InChI=1S/C13H17N2O.K/c1-2-14-8-10-15(11-9-14)13(16)12-6-4-3-5-7-12;/h4-7H,2,8-11H2,1H3;/q-1;+1. The van der Waals surface area contributed by atoms with E-state index in [0.717, 1.165) is 38.3 Å². The van der Waals surface area contributed by atoms with E-state index >= 15 is 0 Å². The van der Waals surface area contributed by atoms with Crippen molar-refractivity contribution in [1.82, 2.24) is 9.80 Å². The predicted octanol–water partition coefficient (Wildman–Crippen LogP) is -1.73. The molecule has 0 aromatic heterocycles. The van der Waals surface area contributed by atoms with Gasteiger partial charge in [-0.05, 0) is 6.54 Å². The molecule has 0 aliphatic carbocycles. The van der Waals surface area contributed by atoms with E-state index in [1.54, 1.807) is 12.1 Å². The Morgan fingerprint density at radius 3 is 2.35 bits per heavy atom. The second-order valence-corrected chi connectivity index (χ2v) is 4.02. The van der Waals surface area contributed by atoms with Gasteiger partial charge in [-0.15, -0.1) is 0 Å². The molecular weight excluding hydrogens is 239 g/mol. The first-order valence-electron chi connectivity index (χ1n) is 5.79. The molecule has 2 rings (SSSR count). The van der Waals surface area contributed by atoms with Crippen LogP contribution in [-0.4, -0.2) is 48.4 Å². The van der Waals surface area contributed by atoms with E-state index in [2.05, 4.69) is 17.9 Å². The van der Waals surface area contributed by atoms with Gasteiger partial charge in [0.15, 0.2) is 0 Å². The van der Waals surface area contributed by atoms with E-state index < -0.39 is 0 Å². The first kappa shape index (κ1) is 15.3. The number of hydrogen-bond acceptors (Lipinski definition) is 2. The van der Waals surface area contributed by atoms with Gasteiger partial charge >= 0.3 is 51.4 Å². The maximum Gasteiger partial charge on any atom is 1.00 e. The van der Waals surface area contributed by atoms with Crippen molar-refractivity contribution < 1.29 is 56.2 Å². The Kier molecular flexibility index (Phi) is 6.92. The van der Waals surface area contributed by atoms with Crippen LogP contribution in [0.3, 0.4) is 0 Å². The SMILES string of the molecule is CCN1CCN(C(=O)c2cc[c-]cc2)CC1.[K+]. The molecule has 1 aromatic rings. The molecule has 3 nitrogen and oxygen atoms in total. The van der Waals surface area contributed by atoms with Crippen molar-refractivity contribution in [1.29, 1.82) is 0 Å². The van der Waals surface area contributed by atoms with Gasteiger partial charge in [-0.2, -0.15) is 30.3 Å². The maximum absolute atomic E-state index is 12.1. The van der Waals surface area contributed by atoms with Gasteiger partial charge in [-0.3, -0.25) is 4.79 Å². The number of carbonyl (C=O) groups is 1. The van der Waals surface area contributed by atoms with Crippen LogP contribution in [0.2, 0.25) is 0 Å². The molecule has 1 fully saturated rings. The molecule has 0 spiro atoms. The van der Waals surface area contributed by atoms with Crippen molar-refractivity contribution in [3.8, 4) is 0 Å². The van der Waals surface area contributed by atoms with E-state index in [-0.39, 0.29) is 57.3 Å². The summed E-state index contributed by atoms with van der Waals surface area (Å²) < 4.78 is 0. The fourth-order valence-corrected chi connectivity index (χ4v) is 1.98. The minimum absolute atomic E-state index is 0. The molecule has 17 heavy (non-hydrogen) atoms. The summed E-state index contributed by atoms with van der Waals surface area (Å²) in [7, 11) is 0. The summed E-state index contributed by atoms with van der Waals surface area (Å²) in [5, 5.41) is 0. The van der Waals surface area contributed by atoms with Gasteiger partial charge in [0.25, 0.3) is 0 Å². The van der Waals surface area contributed by atoms with Crippen molar-refractivity contribution >= 4 is 5.91 Å². The Hall–Kier alpha value is 0.286. The van der Waals surface area contributed by atoms with Crippen molar-refractivity contribution in [2.75, 3.05) is 32.7 Å². The molecule has 0 bridgehead atoms. The van der Waals surface area contributed by atoms with Gasteiger partial charge in [-0.1, -0.05) is 12.5 Å². The molecule has 0 atom stereocenters. The third kappa shape index (κ3) is 4.15. The van der Waals surface area contributed by atoms with Crippen LogP contribution in [0, 0.1) is 6.07 Å². The number of hydrogen-bond donors (Lipinski definition) is 0. The molecule has 1 amide bonds. The van der Waals surface area contributed by atoms with E-state index in [0.29, 0.717) is 0 Å². The van der Waals surface area contributed by atoms with E-state index in [9.17, 15) is 4.79 Å². The number of benzene rings is 1. The van der Waals surface area contributed by atoms with Crippen LogP contribution in [0.5, 0.6) is 0 Å². The van der Waals surface area contributed by atoms with Crippen LogP contribution < -0.4 is 51.4 Å². The summed E-state index contributed by atoms with van der Waals surface area (Å²) in [6.45, 7) is 6.88. The third-order valence-corrected chi connectivity index (χ3v) is 3.07. The molecular formula is C13H17KN2O. The summed E-state index contributed by atoms with van der Waals surface area (Å²) in [5.74, 6) is 0.143. The van der Waals surface area contributed by atoms with E-state index in [1.165, 1.54) is 0 Å². The van der Waals surface area contributed by atoms with Crippen LogP contribution in [-0.2, 0) is 0 Å². The fraction of sp³-hybridized carbons (Fsp3) is 0.462. The number of nitrogens with zero attached hydrogens (tertiary/aromatic N) is 2. The van der Waals surface area contributed by atoms with Gasteiger partial charge < -0.3 is 9.80 Å². The number of carbonyl (C=O) groups excluding carboxylic acids is 1. The van der Waals surface area contributed by atoms with Gasteiger partial charge in [0.1, 0.15) is 0 Å². The summed E-state index contributed by atoms with van der Waals surface area (Å²) in [6.07, 6.45) is 0.